The van der Waals surface area contributed by atoms with E-state index >= 15 is 0 Å². The molecule has 0 spiro atoms. The van der Waals surface area contributed by atoms with E-state index in [1.165, 1.54) is 12.1 Å². The first-order chi connectivity index (χ1) is 18.9. The summed E-state index contributed by atoms with van der Waals surface area (Å²) in [5.74, 6) is 0.336. The van der Waals surface area contributed by atoms with Gasteiger partial charge in [0.15, 0.2) is 0 Å². The molecule has 39 heavy (non-hydrogen) atoms. The lowest BCUT2D eigenvalue weighted by molar-refractivity contribution is -0.139. The Kier molecular flexibility index (Phi) is 8.26. The molecule has 1 N–H and O–H groups in total. The number of nitrogens with one attached hydrogen (secondary N) is 1. The largest absolute Gasteiger partial charge is 0.496 e. The number of carbonyl (C=O) groups excluding carboxylic acids is 1. The molecule has 0 radical (unpaired) electrons. The Bertz CT molecular complexity index is 1320. The zero-order valence-electron chi connectivity index (χ0n) is 22.3. The minimum absolute atomic E-state index is 0.0541. The molecule has 6 nitrogen and oxygen atoms in total. The number of alkyl halides is 2. The van der Waals surface area contributed by atoms with Crippen LogP contribution < -0.4 is 10.1 Å². The fraction of sp³-hybridized carbons (Fsp3) is 0.467. The van der Waals surface area contributed by atoms with Crippen LogP contribution in [0.15, 0.2) is 42.6 Å². The van der Waals surface area contributed by atoms with E-state index in [0.717, 1.165) is 54.1 Å². The molecule has 3 heterocycles. The predicted molar refractivity (Wildman–Crippen MR) is 144 cm³/mol. The van der Waals surface area contributed by atoms with Gasteiger partial charge in [0.25, 0.3) is 6.43 Å². The number of amides is 1. The number of benzene rings is 2. The molecule has 208 valence electrons. The molecule has 1 amide bonds. The van der Waals surface area contributed by atoms with Crippen molar-refractivity contribution in [2.45, 2.75) is 51.0 Å². The second kappa shape index (κ2) is 11.8. The van der Waals surface area contributed by atoms with Crippen LogP contribution in [0.1, 0.15) is 67.7 Å². The fourth-order valence-corrected chi connectivity index (χ4v) is 5.81. The van der Waals surface area contributed by atoms with E-state index in [4.69, 9.17) is 9.47 Å². The highest BCUT2D eigenvalue weighted by Gasteiger charge is 2.31. The first kappa shape index (κ1) is 27.2. The summed E-state index contributed by atoms with van der Waals surface area (Å²) in [6.45, 7) is 4.42. The summed E-state index contributed by atoms with van der Waals surface area (Å²) in [5, 5.41) is 4.14. The zero-order chi connectivity index (χ0) is 27.5. The molecule has 5 rings (SSSR count). The summed E-state index contributed by atoms with van der Waals surface area (Å²) >= 11 is 0. The zero-order valence-corrected chi connectivity index (χ0v) is 22.3. The molecule has 0 saturated carbocycles. The number of likely N-dealkylation sites (tertiary alicyclic amines) is 1. The van der Waals surface area contributed by atoms with Crippen molar-refractivity contribution in [1.82, 2.24) is 9.88 Å². The number of hydrogen-bond donors (Lipinski definition) is 1. The number of anilines is 1. The molecule has 2 aliphatic heterocycles. The van der Waals surface area contributed by atoms with Crippen molar-refractivity contribution < 1.29 is 27.4 Å². The van der Waals surface area contributed by atoms with Crippen LogP contribution >= 0.6 is 0 Å². The van der Waals surface area contributed by atoms with E-state index in [2.05, 4.69) is 16.4 Å². The van der Waals surface area contributed by atoms with E-state index in [1.807, 2.05) is 11.0 Å². The average molecular weight is 542 g/mol. The Morgan fingerprint density at radius 1 is 1.10 bits per heavy atom. The maximum atomic E-state index is 14.8. The Balaban J connectivity index is 1.38. The number of rotatable bonds is 7. The van der Waals surface area contributed by atoms with Crippen LogP contribution in [0.2, 0.25) is 0 Å². The van der Waals surface area contributed by atoms with Crippen molar-refractivity contribution in [3.8, 4) is 5.75 Å². The van der Waals surface area contributed by atoms with E-state index in [-0.39, 0.29) is 23.3 Å². The lowest BCUT2D eigenvalue weighted by Gasteiger charge is -2.35. The van der Waals surface area contributed by atoms with Crippen LogP contribution in [0.25, 0.3) is 10.9 Å². The molecule has 2 fully saturated rings. The van der Waals surface area contributed by atoms with E-state index in [9.17, 15) is 18.0 Å². The van der Waals surface area contributed by atoms with Crippen LogP contribution in [0.4, 0.5) is 18.9 Å². The summed E-state index contributed by atoms with van der Waals surface area (Å²) in [6, 6.07) is 9.29. The number of halogens is 3. The van der Waals surface area contributed by atoms with Gasteiger partial charge in [0.1, 0.15) is 11.6 Å². The monoisotopic (exact) mass is 541 g/mol. The van der Waals surface area contributed by atoms with Gasteiger partial charge in [0, 0.05) is 61.1 Å². The number of nitrogens with zero attached hydrogens (tertiary/aromatic N) is 2. The third-order valence-corrected chi connectivity index (χ3v) is 8.04. The smallest absolute Gasteiger partial charge is 0.266 e. The normalized spacial score (nSPS) is 17.9. The predicted octanol–water partition coefficient (Wildman–Crippen LogP) is 6.63. The minimum atomic E-state index is -2.88. The summed E-state index contributed by atoms with van der Waals surface area (Å²) in [5.41, 5.74) is 2.05. The molecule has 2 saturated heterocycles. The van der Waals surface area contributed by atoms with E-state index in [0.29, 0.717) is 31.8 Å². The second-order valence-corrected chi connectivity index (χ2v) is 10.4. The van der Waals surface area contributed by atoms with Crippen LogP contribution in [0.5, 0.6) is 5.75 Å². The molecule has 3 aromatic rings. The van der Waals surface area contributed by atoms with Crippen LogP contribution in [0, 0.1) is 11.7 Å². The van der Waals surface area contributed by atoms with Crippen molar-refractivity contribution in [3.05, 3.63) is 65.1 Å². The summed E-state index contributed by atoms with van der Waals surface area (Å²) < 4.78 is 52.5. The third-order valence-electron chi connectivity index (χ3n) is 8.04. The number of aromatic nitrogens is 1. The minimum Gasteiger partial charge on any atom is -0.496 e. The number of fused-ring (bicyclic) bond motifs is 1. The van der Waals surface area contributed by atoms with Gasteiger partial charge in [-0.1, -0.05) is 18.2 Å². The summed E-state index contributed by atoms with van der Waals surface area (Å²) in [7, 11) is 1.64. The summed E-state index contributed by atoms with van der Waals surface area (Å²) in [6.07, 6.45) is 1.99. The molecular weight excluding hydrogens is 507 g/mol. The molecule has 0 unspecified atom stereocenters. The number of ether oxygens (including phenoxy) is 2. The topological polar surface area (TPSA) is 63.7 Å². The molecule has 1 atom stereocenters. The van der Waals surface area contributed by atoms with E-state index < -0.39 is 23.8 Å². The Hall–Kier alpha value is -3.33. The highest BCUT2D eigenvalue weighted by Crippen LogP contribution is 2.39. The standard InChI is InChI=1S/C30H34F3N3O3/c1-18(21-4-3-5-22(28(21)31)29(32)33)35-25-6-11-34-26-17-27(38-2)23(16-24(25)26)19-7-12-36(13-8-19)30(37)20-9-14-39-15-10-20/h3-6,11,16-20,29H,7-10,12-15H2,1-2H3,(H,34,35)/t18-/m1/s1. The van der Waals surface area contributed by atoms with Crippen LogP contribution in [-0.2, 0) is 9.53 Å². The highest BCUT2D eigenvalue weighted by atomic mass is 19.3. The maximum absolute atomic E-state index is 14.8. The van der Waals surface area contributed by atoms with Crippen molar-refractivity contribution in [3.63, 3.8) is 0 Å². The molecule has 9 heteroatoms. The van der Waals surface area contributed by atoms with Crippen molar-refractivity contribution >= 4 is 22.5 Å². The lowest BCUT2D eigenvalue weighted by Crippen LogP contribution is -2.42. The summed E-state index contributed by atoms with van der Waals surface area (Å²) in [4.78, 5) is 19.5. The SMILES string of the molecule is COc1cc2nccc(N[C@H](C)c3cccc(C(F)F)c3F)c2cc1C1CCN(C(=O)C2CCOCC2)CC1. The van der Waals surface area contributed by atoms with Crippen molar-refractivity contribution in [2.75, 3.05) is 38.7 Å². The highest BCUT2D eigenvalue weighted by molar-refractivity contribution is 5.93. The van der Waals surface area contributed by atoms with Gasteiger partial charge in [-0.15, -0.1) is 0 Å². The van der Waals surface area contributed by atoms with Crippen LogP contribution in [-0.4, -0.2) is 49.2 Å². The van der Waals surface area contributed by atoms with Crippen LogP contribution in [0.3, 0.4) is 0 Å². The molecule has 2 aromatic carbocycles. The number of piperidine rings is 1. The average Bonchev–Trinajstić information content (AvgIpc) is 2.96. The van der Waals surface area contributed by atoms with Gasteiger partial charge in [0.2, 0.25) is 5.91 Å². The quantitative estimate of drug-likeness (QED) is 0.364. The number of hydrogen-bond acceptors (Lipinski definition) is 5. The number of methoxy groups -OCH3 is 1. The molecule has 0 bridgehead atoms. The van der Waals surface area contributed by atoms with E-state index in [1.54, 1.807) is 26.3 Å². The molecule has 1 aromatic heterocycles. The van der Waals surface area contributed by atoms with Gasteiger partial charge in [-0.05, 0) is 56.2 Å². The van der Waals surface area contributed by atoms with Gasteiger partial charge >= 0.3 is 0 Å². The van der Waals surface area contributed by atoms with Gasteiger partial charge in [-0.25, -0.2) is 13.2 Å². The third kappa shape index (κ3) is 5.69. The van der Waals surface area contributed by atoms with Crippen molar-refractivity contribution in [1.29, 1.82) is 0 Å². The fourth-order valence-electron chi connectivity index (χ4n) is 5.81. The first-order valence-electron chi connectivity index (χ1n) is 13.5. The first-order valence-corrected chi connectivity index (χ1v) is 13.5. The Labute approximate surface area is 226 Å². The maximum Gasteiger partial charge on any atom is 0.266 e. The van der Waals surface area contributed by atoms with Gasteiger partial charge in [0.05, 0.1) is 24.2 Å². The number of pyridine rings is 1. The Morgan fingerprint density at radius 2 is 1.82 bits per heavy atom. The van der Waals surface area contributed by atoms with Gasteiger partial charge in [-0.2, -0.15) is 0 Å². The van der Waals surface area contributed by atoms with Crippen molar-refractivity contribution in [2.24, 2.45) is 5.92 Å². The van der Waals surface area contributed by atoms with Gasteiger partial charge < -0.3 is 19.7 Å². The Morgan fingerprint density at radius 3 is 2.51 bits per heavy atom. The second-order valence-electron chi connectivity index (χ2n) is 10.4. The number of carbonyl (C=O) groups is 1. The molecular formula is C30H34F3N3O3. The van der Waals surface area contributed by atoms with Gasteiger partial charge in [-0.3, -0.25) is 9.78 Å². The lowest BCUT2D eigenvalue weighted by atomic mass is 9.87. The molecule has 2 aliphatic rings. The molecule has 0 aliphatic carbocycles.